The van der Waals surface area contributed by atoms with Gasteiger partial charge in [0.1, 0.15) is 0 Å². The van der Waals surface area contributed by atoms with Gasteiger partial charge in [0.25, 0.3) is 0 Å². The van der Waals surface area contributed by atoms with Crippen molar-refractivity contribution in [1.82, 2.24) is 5.32 Å². The summed E-state index contributed by atoms with van der Waals surface area (Å²) in [5.74, 6) is 0. The summed E-state index contributed by atoms with van der Waals surface area (Å²) in [6.07, 6.45) is 3.21. The molecular formula is C9H18NO3P. The number of nitrogens with one attached hydrogen (secondary N) is 1. The Balaban J connectivity index is 3.71. The van der Waals surface area contributed by atoms with Gasteiger partial charge in [-0.3, -0.25) is 4.79 Å². The van der Waals surface area contributed by atoms with Gasteiger partial charge in [-0.05, 0) is 13.8 Å². The van der Waals surface area contributed by atoms with E-state index in [2.05, 4.69) is 11.9 Å². The number of carbonyl (C=O) groups is 1. The van der Waals surface area contributed by atoms with E-state index in [0.29, 0.717) is 25.7 Å². The zero-order valence-electron chi connectivity index (χ0n) is 8.73. The molecule has 0 saturated carbocycles. The van der Waals surface area contributed by atoms with Crippen LogP contribution >= 0.6 is 8.38 Å². The fourth-order valence-corrected chi connectivity index (χ4v) is 2.08. The molecule has 0 aliphatic rings. The molecule has 0 aromatic heterocycles. The van der Waals surface area contributed by atoms with E-state index in [1.807, 2.05) is 13.8 Å². The molecule has 0 aliphatic heterocycles. The Bertz CT molecular complexity index is 164. The van der Waals surface area contributed by atoms with E-state index >= 15 is 0 Å². The van der Waals surface area contributed by atoms with E-state index in [0.717, 1.165) is 0 Å². The standard InChI is InChI=1S/C9H18NO3P/c1-4-6-12-14(13-9(2)3)7-5-10-8-11/h4,8-9H,1,5-7H2,2-3H3,(H,10,11). The third-order valence-corrected chi connectivity index (χ3v) is 2.87. The lowest BCUT2D eigenvalue weighted by Gasteiger charge is -2.18. The number of hydrogen-bond donors (Lipinski definition) is 1. The summed E-state index contributed by atoms with van der Waals surface area (Å²) in [4.78, 5) is 10.0. The first-order chi connectivity index (χ1) is 6.70. The molecule has 0 radical (unpaired) electrons. The molecule has 0 spiro atoms. The monoisotopic (exact) mass is 219 g/mol. The second-order valence-corrected chi connectivity index (χ2v) is 4.45. The largest absolute Gasteiger partial charge is 0.358 e. The van der Waals surface area contributed by atoms with Crippen LogP contribution in [-0.2, 0) is 13.8 Å². The maximum atomic E-state index is 10.0. The van der Waals surface area contributed by atoms with E-state index in [1.165, 1.54) is 0 Å². The van der Waals surface area contributed by atoms with E-state index < -0.39 is 8.38 Å². The van der Waals surface area contributed by atoms with Crippen LogP contribution in [0.4, 0.5) is 0 Å². The second-order valence-electron chi connectivity index (χ2n) is 2.87. The van der Waals surface area contributed by atoms with Crippen LogP contribution in [0.5, 0.6) is 0 Å². The summed E-state index contributed by atoms with van der Waals surface area (Å²) in [5, 5.41) is 2.58. The molecule has 1 atom stereocenters. The Morgan fingerprint density at radius 1 is 1.57 bits per heavy atom. The van der Waals surface area contributed by atoms with Crippen molar-refractivity contribution >= 4 is 14.8 Å². The Labute approximate surface area is 86.6 Å². The van der Waals surface area contributed by atoms with Gasteiger partial charge in [-0.1, -0.05) is 6.08 Å². The van der Waals surface area contributed by atoms with Crippen molar-refractivity contribution < 1.29 is 13.8 Å². The molecule has 0 saturated heterocycles. The van der Waals surface area contributed by atoms with Crippen LogP contribution in [0.3, 0.4) is 0 Å². The van der Waals surface area contributed by atoms with Gasteiger partial charge >= 0.3 is 0 Å². The van der Waals surface area contributed by atoms with Gasteiger partial charge in [-0.15, -0.1) is 6.58 Å². The molecule has 0 aromatic carbocycles. The van der Waals surface area contributed by atoms with Crippen LogP contribution in [0, 0.1) is 0 Å². The van der Waals surface area contributed by atoms with Crippen LogP contribution in [0.2, 0.25) is 0 Å². The van der Waals surface area contributed by atoms with Crippen LogP contribution in [-0.4, -0.2) is 31.8 Å². The highest BCUT2D eigenvalue weighted by Gasteiger charge is 2.11. The van der Waals surface area contributed by atoms with Crippen molar-refractivity contribution in [2.75, 3.05) is 19.3 Å². The SMILES string of the molecule is C=CCOP(CCNC=O)OC(C)C. The Morgan fingerprint density at radius 2 is 2.29 bits per heavy atom. The normalized spacial score (nSPS) is 12.5. The smallest absolute Gasteiger partial charge is 0.207 e. The fraction of sp³-hybridized carbons (Fsp3) is 0.667. The predicted octanol–water partition coefficient (Wildman–Crippen LogP) is 1.67. The molecule has 4 nitrogen and oxygen atoms in total. The first kappa shape index (κ1) is 13.6. The lowest BCUT2D eigenvalue weighted by atomic mass is 10.5. The molecule has 0 fully saturated rings. The Hall–Kier alpha value is -0.440. The van der Waals surface area contributed by atoms with Crippen LogP contribution in [0.1, 0.15) is 13.8 Å². The van der Waals surface area contributed by atoms with Crippen molar-refractivity contribution in [3.05, 3.63) is 12.7 Å². The minimum Gasteiger partial charge on any atom is -0.358 e. The Morgan fingerprint density at radius 3 is 2.79 bits per heavy atom. The molecular weight excluding hydrogens is 201 g/mol. The van der Waals surface area contributed by atoms with Crippen molar-refractivity contribution in [2.24, 2.45) is 0 Å². The average Bonchev–Trinajstić information content (AvgIpc) is 2.13. The zero-order chi connectivity index (χ0) is 10.8. The maximum Gasteiger partial charge on any atom is 0.207 e. The minimum absolute atomic E-state index is 0.141. The van der Waals surface area contributed by atoms with E-state index in [-0.39, 0.29) is 6.10 Å². The van der Waals surface area contributed by atoms with Gasteiger partial charge in [0.05, 0.1) is 12.7 Å². The van der Waals surface area contributed by atoms with Gasteiger partial charge in [0.15, 0.2) is 8.38 Å². The molecule has 0 bridgehead atoms. The molecule has 1 amide bonds. The lowest BCUT2D eigenvalue weighted by molar-refractivity contribution is -0.109. The molecule has 14 heavy (non-hydrogen) atoms. The molecule has 0 aliphatic carbocycles. The highest BCUT2D eigenvalue weighted by atomic mass is 31.2. The van der Waals surface area contributed by atoms with E-state index in [4.69, 9.17) is 9.05 Å². The molecule has 82 valence electrons. The molecule has 1 N–H and O–H groups in total. The molecule has 0 rings (SSSR count). The van der Waals surface area contributed by atoms with E-state index in [1.54, 1.807) is 6.08 Å². The fourth-order valence-electron chi connectivity index (χ4n) is 0.733. The van der Waals surface area contributed by atoms with Gasteiger partial charge in [0.2, 0.25) is 6.41 Å². The predicted molar refractivity (Wildman–Crippen MR) is 58.2 cm³/mol. The summed E-state index contributed by atoms with van der Waals surface area (Å²) in [5.41, 5.74) is 0. The Kier molecular flexibility index (Phi) is 8.84. The van der Waals surface area contributed by atoms with Gasteiger partial charge in [-0.25, -0.2) is 0 Å². The minimum atomic E-state index is -0.910. The van der Waals surface area contributed by atoms with Crippen LogP contribution in [0.25, 0.3) is 0 Å². The number of carbonyl (C=O) groups excluding carboxylic acids is 1. The molecule has 1 unspecified atom stereocenters. The third kappa shape index (κ3) is 8.17. The third-order valence-electron chi connectivity index (χ3n) is 1.19. The number of rotatable bonds is 9. The van der Waals surface area contributed by atoms with Crippen molar-refractivity contribution in [3.63, 3.8) is 0 Å². The highest BCUT2D eigenvalue weighted by Crippen LogP contribution is 2.38. The topological polar surface area (TPSA) is 47.6 Å². The molecule has 0 aromatic rings. The highest BCUT2D eigenvalue weighted by molar-refractivity contribution is 7.47. The van der Waals surface area contributed by atoms with E-state index in [9.17, 15) is 4.79 Å². The molecule has 0 heterocycles. The summed E-state index contributed by atoms with van der Waals surface area (Å²) in [6, 6.07) is 0. The summed E-state index contributed by atoms with van der Waals surface area (Å²) in [6.45, 7) is 8.55. The zero-order valence-corrected chi connectivity index (χ0v) is 9.63. The maximum absolute atomic E-state index is 10.0. The summed E-state index contributed by atoms with van der Waals surface area (Å²) in [7, 11) is -0.910. The number of hydrogen-bond acceptors (Lipinski definition) is 3. The van der Waals surface area contributed by atoms with Crippen molar-refractivity contribution in [1.29, 1.82) is 0 Å². The number of amides is 1. The first-order valence-corrected chi connectivity index (χ1v) is 5.92. The van der Waals surface area contributed by atoms with Gasteiger partial charge in [-0.2, -0.15) is 0 Å². The lowest BCUT2D eigenvalue weighted by Crippen LogP contribution is -2.16. The first-order valence-electron chi connectivity index (χ1n) is 4.55. The van der Waals surface area contributed by atoms with Gasteiger partial charge in [0, 0.05) is 12.7 Å². The van der Waals surface area contributed by atoms with Crippen LogP contribution < -0.4 is 5.32 Å². The quantitative estimate of drug-likeness (QED) is 0.278. The molecule has 5 heteroatoms. The van der Waals surface area contributed by atoms with Crippen LogP contribution in [0.15, 0.2) is 12.7 Å². The summed E-state index contributed by atoms with van der Waals surface area (Å²) >= 11 is 0. The van der Waals surface area contributed by atoms with Crippen molar-refractivity contribution in [2.45, 2.75) is 20.0 Å². The second kappa shape index (κ2) is 9.13. The average molecular weight is 219 g/mol. The summed E-state index contributed by atoms with van der Waals surface area (Å²) < 4.78 is 11.0. The van der Waals surface area contributed by atoms with Crippen molar-refractivity contribution in [3.8, 4) is 0 Å². The van der Waals surface area contributed by atoms with Gasteiger partial charge < -0.3 is 14.4 Å².